The number of furan rings is 1. The van der Waals surface area contributed by atoms with Crippen molar-refractivity contribution in [3.8, 4) is 16.8 Å². The number of nitrogens with zero attached hydrogens (tertiary/aromatic N) is 1. The van der Waals surface area contributed by atoms with Gasteiger partial charge in [-0.3, -0.25) is 0 Å². The van der Waals surface area contributed by atoms with E-state index in [9.17, 15) is 0 Å². The summed E-state index contributed by atoms with van der Waals surface area (Å²) in [5, 5.41) is 9.00. The molecule has 2 nitrogen and oxygen atoms in total. The number of hydrogen-bond donors (Lipinski definition) is 0. The molecule has 0 aliphatic rings. The van der Waals surface area contributed by atoms with Gasteiger partial charge < -0.3 is 8.98 Å². The first-order valence-electron chi connectivity index (χ1n) is 13.3. The van der Waals surface area contributed by atoms with E-state index in [0.717, 1.165) is 27.5 Å². The van der Waals surface area contributed by atoms with Crippen LogP contribution in [-0.2, 0) is 0 Å². The van der Waals surface area contributed by atoms with Crippen LogP contribution in [0, 0.1) is 0 Å². The Bertz CT molecular complexity index is 2160. The SMILES string of the molecule is C[Si](C)(C)c1ccc(-n2c3cccc4ccc5cc(-c6cccc7c6oc6ccccc67)cc2c5c43)cc1. The van der Waals surface area contributed by atoms with Crippen molar-refractivity contribution in [2.45, 2.75) is 19.6 Å². The minimum Gasteiger partial charge on any atom is -0.455 e. The summed E-state index contributed by atoms with van der Waals surface area (Å²) in [5.41, 5.74) is 7.87. The summed E-state index contributed by atoms with van der Waals surface area (Å²) in [6.45, 7) is 7.21. The van der Waals surface area contributed by atoms with Crippen LogP contribution in [0.25, 0.3) is 71.3 Å². The van der Waals surface area contributed by atoms with Gasteiger partial charge in [-0.15, -0.1) is 0 Å². The van der Waals surface area contributed by atoms with Gasteiger partial charge in [0.1, 0.15) is 11.2 Å². The van der Waals surface area contributed by atoms with Crippen LogP contribution in [0.5, 0.6) is 0 Å². The molecular weight excluding hydrogens is 478 g/mol. The molecule has 8 rings (SSSR count). The first-order valence-corrected chi connectivity index (χ1v) is 16.8. The highest BCUT2D eigenvalue weighted by molar-refractivity contribution is 6.88. The summed E-state index contributed by atoms with van der Waals surface area (Å²) in [5.74, 6) is 0. The van der Waals surface area contributed by atoms with E-state index in [1.165, 1.54) is 49.0 Å². The minimum atomic E-state index is -1.38. The molecule has 0 atom stereocenters. The molecule has 2 heterocycles. The molecule has 0 bridgehead atoms. The minimum absolute atomic E-state index is 0.929. The van der Waals surface area contributed by atoms with Gasteiger partial charge in [0.2, 0.25) is 0 Å². The molecule has 3 heteroatoms. The molecule has 2 aromatic heterocycles. The zero-order chi connectivity index (χ0) is 25.6. The molecule has 38 heavy (non-hydrogen) atoms. The molecule has 0 amide bonds. The zero-order valence-electron chi connectivity index (χ0n) is 21.7. The van der Waals surface area contributed by atoms with Crippen LogP contribution in [0.2, 0.25) is 19.6 Å². The molecule has 0 aliphatic heterocycles. The molecule has 8 aromatic rings. The first kappa shape index (κ1) is 21.7. The van der Waals surface area contributed by atoms with Crippen LogP contribution in [0.15, 0.2) is 114 Å². The highest BCUT2D eigenvalue weighted by atomic mass is 28.3. The molecule has 0 radical (unpaired) electrons. The summed E-state index contributed by atoms with van der Waals surface area (Å²) in [7, 11) is -1.38. The standard InChI is InChI=1S/C35H27NOSi/c1-38(2,3)26-18-16-25(17-19-26)36-30-12-6-8-22-14-15-23-20-24(21-31(36)34(23)33(22)30)27-10-7-11-29-28-9-4-5-13-32(28)37-35(27)29/h4-21H,1-3H3. The number of para-hydroxylation sites is 2. The lowest BCUT2D eigenvalue weighted by molar-refractivity contribution is 0.670. The van der Waals surface area contributed by atoms with Crippen molar-refractivity contribution in [1.82, 2.24) is 4.57 Å². The lowest BCUT2D eigenvalue weighted by Crippen LogP contribution is -2.37. The van der Waals surface area contributed by atoms with E-state index in [1.807, 2.05) is 6.07 Å². The summed E-state index contributed by atoms with van der Waals surface area (Å²) >= 11 is 0. The highest BCUT2D eigenvalue weighted by Crippen LogP contribution is 2.43. The molecule has 0 saturated carbocycles. The van der Waals surface area contributed by atoms with Crippen LogP contribution < -0.4 is 5.19 Å². The Morgan fingerprint density at radius 3 is 2.18 bits per heavy atom. The number of aromatic nitrogens is 1. The second-order valence-corrected chi connectivity index (χ2v) is 16.5. The van der Waals surface area contributed by atoms with Gasteiger partial charge in [0, 0.05) is 32.8 Å². The third-order valence-electron chi connectivity index (χ3n) is 8.10. The summed E-state index contributed by atoms with van der Waals surface area (Å²) in [4.78, 5) is 0. The zero-order valence-corrected chi connectivity index (χ0v) is 22.7. The summed E-state index contributed by atoms with van der Waals surface area (Å²) in [6.07, 6.45) is 0. The maximum absolute atomic E-state index is 6.43. The van der Waals surface area contributed by atoms with E-state index >= 15 is 0 Å². The molecule has 182 valence electrons. The fourth-order valence-electron chi connectivity index (χ4n) is 6.21. The molecule has 0 aliphatic carbocycles. The average molecular weight is 506 g/mol. The Morgan fingerprint density at radius 1 is 0.605 bits per heavy atom. The van der Waals surface area contributed by atoms with Crippen LogP contribution in [0.4, 0.5) is 0 Å². The lowest BCUT2D eigenvalue weighted by atomic mass is 9.96. The molecule has 6 aromatic carbocycles. The van der Waals surface area contributed by atoms with Crippen molar-refractivity contribution in [2.24, 2.45) is 0 Å². The van der Waals surface area contributed by atoms with E-state index in [-0.39, 0.29) is 0 Å². The van der Waals surface area contributed by atoms with E-state index in [2.05, 4.69) is 127 Å². The predicted molar refractivity (Wildman–Crippen MR) is 165 cm³/mol. The maximum Gasteiger partial charge on any atom is 0.143 e. The average Bonchev–Trinajstić information content (AvgIpc) is 3.48. The number of fused-ring (bicyclic) bond motifs is 3. The monoisotopic (exact) mass is 505 g/mol. The number of rotatable bonds is 3. The second-order valence-electron chi connectivity index (χ2n) is 11.4. The third-order valence-corrected chi connectivity index (χ3v) is 10.2. The van der Waals surface area contributed by atoms with Crippen molar-refractivity contribution in [1.29, 1.82) is 0 Å². The van der Waals surface area contributed by atoms with Crippen molar-refractivity contribution in [3.63, 3.8) is 0 Å². The normalized spacial score (nSPS) is 12.6. The third kappa shape index (κ3) is 3.00. The van der Waals surface area contributed by atoms with E-state index in [0.29, 0.717) is 0 Å². The van der Waals surface area contributed by atoms with E-state index < -0.39 is 8.07 Å². The number of hydrogen-bond acceptors (Lipinski definition) is 1. The van der Waals surface area contributed by atoms with Gasteiger partial charge in [0.25, 0.3) is 0 Å². The van der Waals surface area contributed by atoms with Gasteiger partial charge in [-0.2, -0.15) is 0 Å². The van der Waals surface area contributed by atoms with Crippen molar-refractivity contribution >= 4 is 67.8 Å². The number of benzene rings is 6. The van der Waals surface area contributed by atoms with Crippen molar-refractivity contribution < 1.29 is 4.42 Å². The first-order chi connectivity index (χ1) is 18.5. The smallest absolute Gasteiger partial charge is 0.143 e. The van der Waals surface area contributed by atoms with Gasteiger partial charge in [-0.05, 0) is 52.7 Å². The molecule has 0 N–H and O–H groups in total. The topological polar surface area (TPSA) is 18.1 Å². The molecule has 0 spiro atoms. The Morgan fingerprint density at radius 2 is 1.34 bits per heavy atom. The van der Waals surface area contributed by atoms with Crippen LogP contribution >= 0.6 is 0 Å². The Hall–Kier alpha value is -4.34. The van der Waals surface area contributed by atoms with Crippen LogP contribution in [0.1, 0.15) is 0 Å². The largest absolute Gasteiger partial charge is 0.455 e. The Balaban J connectivity index is 1.46. The Labute approximate surface area is 222 Å². The lowest BCUT2D eigenvalue weighted by Gasteiger charge is -2.17. The van der Waals surface area contributed by atoms with Gasteiger partial charge >= 0.3 is 0 Å². The fraction of sp³-hybridized carbons (Fsp3) is 0.0857. The van der Waals surface area contributed by atoms with E-state index in [4.69, 9.17) is 4.42 Å². The molecule has 0 saturated heterocycles. The predicted octanol–water partition coefficient (Wildman–Crippen LogP) is 9.49. The van der Waals surface area contributed by atoms with Crippen LogP contribution in [0.3, 0.4) is 0 Å². The van der Waals surface area contributed by atoms with Gasteiger partial charge in [-0.25, -0.2) is 0 Å². The van der Waals surface area contributed by atoms with Gasteiger partial charge in [0.05, 0.1) is 19.1 Å². The summed E-state index contributed by atoms with van der Waals surface area (Å²) in [6, 6.07) is 40.0. The van der Waals surface area contributed by atoms with Gasteiger partial charge in [-0.1, -0.05) is 97.6 Å². The molecular formula is C35H27NOSi. The summed E-state index contributed by atoms with van der Waals surface area (Å²) < 4.78 is 8.88. The van der Waals surface area contributed by atoms with Crippen LogP contribution in [-0.4, -0.2) is 12.6 Å². The highest BCUT2D eigenvalue weighted by Gasteiger charge is 2.21. The van der Waals surface area contributed by atoms with Crippen molar-refractivity contribution in [2.75, 3.05) is 0 Å². The van der Waals surface area contributed by atoms with Crippen molar-refractivity contribution in [3.05, 3.63) is 109 Å². The molecule has 0 fully saturated rings. The fourth-order valence-corrected chi connectivity index (χ4v) is 7.38. The Kier molecular flexibility index (Phi) is 4.34. The quantitative estimate of drug-likeness (QED) is 0.173. The van der Waals surface area contributed by atoms with Gasteiger partial charge in [0.15, 0.2) is 0 Å². The maximum atomic E-state index is 6.43. The van der Waals surface area contributed by atoms with E-state index in [1.54, 1.807) is 0 Å². The second kappa shape index (κ2) is 7.59. The molecule has 0 unspecified atom stereocenters.